The SMILES string of the molecule is CCCCNC(=O)c1c[nH]c2ccc(S(=O)(=O)N3CCC[C@H](C)C3)cc2c1=O. The van der Waals surface area contributed by atoms with Crippen LogP contribution in [0.1, 0.15) is 49.9 Å². The van der Waals surface area contributed by atoms with Crippen LogP contribution in [0.25, 0.3) is 10.9 Å². The summed E-state index contributed by atoms with van der Waals surface area (Å²) in [7, 11) is -3.67. The Balaban J connectivity index is 1.97. The minimum Gasteiger partial charge on any atom is -0.360 e. The fraction of sp³-hybridized carbons (Fsp3) is 0.500. The van der Waals surface area contributed by atoms with E-state index in [-0.39, 0.29) is 15.8 Å². The van der Waals surface area contributed by atoms with Gasteiger partial charge < -0.3 is 10.3 Å². The van der Waals surface area contributed by atoms with E-state index in [2.05, 4.69) is 10.3 Å². The summed E-state index contributed by atoms with van der Waals surface area (Å²) in [5.74, 6) is -0.138. The van der Waals surface area contributed by atoms with Gasteiger partial charge in [0.1, 0.15) is 5.56 Å². The van der Waals surface area contributed by atoms with Gasteiger partial charge in [-0.25, -0.2) is 8.42 Å². The maximum atomic E-state index is 13.0. The number of piperidine rings is 1. The summed E-state index contributed by atoms with van der Waals surface area (Å²) in [6.07, 6.45) is 4.99. The minimum absolute atomic E-state index is 0.00949. The van der Waals surface area contributed by atoms with Gasteiger partial charge >= 0.3 is 0 Å². The van der Waals surface area contributed by atoms with Crippen LogP contribution in [0.2, 0.25) is 0 Å². The van der Waals surface area contributed by atoms with Crippen molar-refractivity contribution >= 4 is 26.8 Å². The third kappa shape index (κ3) is 4.12. The number of rotatable bonds is 6. The molecule has 1 aromatic carbocycles. The van der Waals surface area contributed by atoms with Crippen LogP contribution in [0.5, 0.6) is 0 Å². The first-order valence-corrected chi connectivity index (χ1v) is 11.2. The summed E-state index contributed by atoms with van der Waals surface area (Å²) < 4.78 is 27.5. The number of sulfonamides is 1. The van der Waals surface area contributed by atoms with E-state index in [0.29, 0.717) is 31.1 Å². The van der Waals surface area contributed by atoms with Crippen molar-refractivity contribution in [1.82, 2.24) is 14.6 Å². The molecular formula is C20H27N3O4S. The number of nitrogens with one attached hydrogen (secondary N) is 2. The van der Waals surface area contributed by atoms with E-state index in [4.69, 9.17) is 0 Å². The van der Waals surface area contributed by atoms with Gasteiger partial charge in [-0.05, 0) is 43.4 Å². The monoisotopic (exact) mass is 405 g/mol. The summed E-state index contributed by atoms with van der Waals surface area (Å²) in [6, 6.07) is 4.47. The summed E-state index contributed by atoms with van der Waals surface area (Å²) >= 11 is 0. The highest BCUT2D eigenvalue weighted by atomic mass is 32.2. The summed E-state index contributed by atoms with van der Waals surface area (Å²) in [6.45, 7) is 5.52. The number of carbonyl (C=O) groups is 1. The molecule has 1 atom stereocenters. The number of pyridine rings is 1. The number of carbonyl (C=O) groups excluding carboxylic acids is 1. The fourth-order valence-corrected chi connectivity index (χ4v) is 5.14. The van der Waals surface area contributed by atoms with Crippen LogP contribution in [-0.2, 0) is 10.0 Å². The van der Waals surface area contributed by atoms with Crippen molar-refractivity contribution in [2.45, 2.75) is 44.4 Å². The van der Waals surface area contributed by atoms with Gasteiger partial charge in [0.05, 0.1) is 4.90 Å². The quantitative estimate of drug-likeness (QED) is 0.721. The van der Waals surface area contributed by atoms with Crippen LogP contribution in [-0.4, -0.2) is 43.2 Å². The average molecular weight is 406 g/mol. The Hall–Kier alpha value is -2.19. The van der Waals surface area contributed by atoms with E-state index >= 15 is 0 Å². The summed E-state index contributed by atoms with van der Waals surface area (Å²) in [5, 5.41) is 2.92. The number of hydrogen-bond acceptors (Lipinski definition) is 4. The average Bonchev–Trinajstić information content (AvgIpc) is 2.68. The number of unbranched alkanes of at least 4 members (excludes halogenated alkanes) is 1. The lowest BCUT2D eigenvalue weighted by Crippen LogP contribution is -2.39. The second kappa shape index (κ2) is 8.45. The molecule has 0 unspecified atom stereocenters. The second-order valence-electron chi connectivity index (χ2n) is 7.46. The first-order valence-electron chi connectivity index (χ1n) is 9.78. The Bertz CT molecular complexity index is 1030. The van der Waals surface area contributed by atoms with Gasteiger partial charge in [-0.2, -0.15) is 4.31 Å². The standard InChI is InChI=1S/C20H27N3O4S/c1-3-4-9-21-20(25)17-12-22-18-8-7-15(11-16(18)19(17)24)28(26,27)23-10-5-6-14(2)13-23/h7-8,11-12,14H,3-6,9-10,13H2,1-2H3,(H,21,25)(H,22,24)/t14-/m0/s1. The van der Waals surface area contributed by atoms with Crippen molar-refractivity contribution in [2.24, 2.45) is 5.92 Å². The lowest BCUT2D eigenvalue weighted by Gasteiger charge is -2.30. The molecule has 7 nitrogen and oxygen atoms in total. The second-order valence-corrected chi connectivity index (χ2v) is 9.40. The zero-order valence-corrected chi connectivity index (χ0v) is 17.1. The number of benzene rings is 1. The lowest BCUT2D eigenvalue weighted by atomic mass is 10.0. The number of fused-ring (bicyclic) bond motifs is 1. The molecule has 2 heterocycles. The molecule has 0 saturated carbocycles. The molecule has 0 aliphatic carbocycles. The third-order valence-electron chi connectivity index (χ3n) is 5.17. The van der Waals surface area contributed by atoms with E-state index in [1.807, 2.05) is 13.8 Å². The molecule has 28 heavy (non-hydrogen) atoms. The number of H-pyrrole nitrogens is 1. The van der Waals surface area contributed by atoms with Crippen LogP contribution in [0, 0.1) is 5.92 Å². The predicted octanol–water partition coefficient (Wildman–Crippen LogP) is 2.48. The Morgan fingerprint density at radius 3 is 2.86 bits per heavy atom. The van der Waals surface area contributed by atoms with Crippen molar-refractivity contribution < 1.29 is 13.2 Å². The topological polar surface area (TPSA) is 99.3 Å². The van der Waals surface area contributed by atoms with Crippen molar-refractivity contribution in [3.05, 3.63) is 40.2 Å². The Labute approximate surface area is 165 Å². The number of hydrogen-bond donors (Lipinski definition) is 2. The normalized spacial score (nSPS) is 18.3. The number of nitrogens with zero attached hydrogens (tertiary/aromatic N) is 1. The molecule has 0 radical (unpaired) electrons. The molecule has 1 fully saturated rings. The van der Waals surface area contributed by atoms with E-state index in [1.165, 1.54) is 22.6 Å². The largest absolute Gasteiger partial charge is 0.360 e. The van der Waals surface area contributed by atoms with Crippen LogP contribution >= 0.6 is 0 Å². The third-order valence-corrected chi connectivity index (χ3v) is 7.03. The molecule has 0 bridgehead atoms. The van der Waals surface area contributed by atoms with Crippen molar-refractivity contribution in [2.75, 3.05) is 19.6 Å². The number of aromatic amines is 1. The Morgan fingerprint density at radius 2 is 2.14 bits per heavy atom. The van der Waals surface area contributed by atoms with Gasteiger partial charge in [-0.3, -0.25) is 9.59 Å². The van der Waals surface area contributed by atoms with Crippen LogP contribution in [0.3, 0.4) is 0 Å². The zero-order valence-electron chi connectivity index (χ0n) is 16.3. The van der Waals surface area contributed by atoms with Crippen molar-refractivity contribution in [1.29, 1.82) is 0 Å². The van der Waals surface area contributed by atoms with Gasteiger partial charge in [0.25, 0.3) is 5.91 Å². The summed E-state index contributed by atoms with van der Waals surface area (Å²) in [4.78, 5) is 28.1. The highest BCUT2D eigenvalue weighted by Crippen LogP contribution is 2.24. The van der Waals surface area contributed by atoms with Gasteiger partial charge in [-0.15, -0.1) is 0 Å². The fourth-order valence-electron chi connectivity index (χ4n) is 3.51. The molecule has 1 aliphatic rings. The Morgan fingerprint density at radius 1 is 1.36 bits per heavy atom. The molecule has 1 saturated heterocycles. The first-order chi connectivity index (χ1) is 13.3. The zero-order chi connectivity index (χ0) is 20.3. The smallest absolute Gasteiger partial charge is 0.256 e. The van der Waals surface area contributed by atoms with Gasteiger partial charge in [0, 0.05) is 36.7 Å². The molecule has 1 aliphatic heterocycles. The van der Waals surface area contributed by atoms with Gasteiger partial charge in [0.2, 0.25) is 15.5 Å². The van der Waals surface area contributed by atoms with Crippen molar-refractivity contribution in [3.63, 3.8) is 0 Å². The van der Waals surface area contributed by atoms with E-state index < -0.39 is 21.4 Å². The van der Waals surface area contributed by atoms with Gasteiger partial charge in [-0.1, -0.05) is 20.3 Å². The van der Waals surface area contributed by atoms with E-state index in [9.17, 15) is 18.0 Å². The molecule has 3 rings (SSSR count). The maximum Gasteiger partial charge on any atom is 0.256 e. The minimum atomic E-state index is -3.67. The number of aromatic nitrogens is 1. The molecule has 152 valence electrons. The van der Waals surface area contributed by atoms with Gasteiger partial charge in [0.15, 0.2) is 0 Å². The van der Waals surface area contributed by atoms with Crippen LogP contribution in [0.15, 0.2) is 34.1 Å². The molecule has 1 amide bonds. The van der Waals surface area contributed by atoms with Crippen molar-refractivity contribution in [3.8, 4) is 0 Å². The van der Waals surface area contributed by atoms with E-state index in [1.54, 1.807) is 6.07 Å². The molecule has 2 aromatic rings. The highest BCUT2D eigenvalue weighted by Gasteiger charge is 2.29. The number of amides is 1. The molecule has 8 heteroatoms. The molecular weight excluding hydrogens is 378 g/mol. The highest BCUT2D eigenvalue weighted by molar-refractivity contribution is 7.89. The summed E-state index contributed by atoms with van der Waals surface area (Å²) in [5.41, 5.74) is 0.0256. The van der Waals surface area contributed by atoms with Crippen LogP contribution in [0.4, 0.5) is 0 Å². The Kier molecular flexibility index (Phi) is 6.20. The van der Waals surface area contributed by atoms with Crippen LogP contribution < -0.4 is 10.7 Å². The predicted molar refractivity (Wildman–Crippen MR) is 109 cm³/mol. The maximum absolute atomic E-state index is 13.0. The molecule has 2 N–H and O–H groups in total. The van der Waals surface area contributed by atoms with E-state index in [0.717, 1.165) is 25.7 Å². The first kappa shape index (κ1) is 20.5. The lowest BCUT2D eigenvalue weighted by molar-refractivity contribution is 0.0952. The molecule has 0 spiro atoms. The molecule has 1 aromatic heterocycles.